The zero-order valence-electron chi connectivity index (χ0n) is 14.7. The Kier molecular flexibility index (Phi) is 5.30. The first-order valence-corrected chi connectivity index (χ1v) is 8.14. The van der Waals surface area contributed by atoms with Crippen molar-refractivity contribution in [3.05, 3.63) is 54.1 Å². The van der Waals surface area contributed by atoms with Crippen molar-refractivity contribution in [2.24, 2.45) is 0 Å². The SMILES string of the molecule is CC[C@@H](F)C(C)(C)c1ccccc1Nc1ccccc1N(C)C. The van der Waals surface area contributed by atoms with Crippen LogP contribution in [0.25, 0.3) is 0 Å². The standard InChI is InChI=1S/C20H27FN2/c1-6-19(21)20(2,3)15-11-7-8-12-16(15)22-17-13-9-10-14-18(17)23(4)5/h7-14,19,22H,6H2,1-5H3/t19-/m1/s1. The molecule has 2 aromatic carbocycles. The summed E-state index contributed by atoms with van der Waals surface area (Å²) in [6.07, 6.45) is -0.371. The zero-order chi connectivity index (χ0) is 17.0. The molecule has 0 aliphatic carbocycles. The fraction of sp³-hybridized carbons (Fsp3) is 0.400. The Morgan fingerprint density at radius 1 is 1.00 bits per heavy atom. The second-order valence-corrected chi connectivity index (χ2v) is 6.68. The Balaban J connectivity index is 2.43. The number of rotatable bonds is 6. The summed E-state index contributed by atoms with van der Waals surface area (Å²) in [5, 5.41) is 3.50. The van der Waals surface area contributed by atoms with Crippen molar-refractivity contribution in [1.29, 1.82) is 0 Å². The molecule has 3 heteroatoms. The quantitative estimate of drug-likeness (QED) is 0.755. The number of benzene rings is 2. The maximum absolute atomic E-state index is 14.5. The lowest BCUT2D eigenvalue weighted by Gasteiger charge is -2.31. The molecule has 0 saturated heterocycles. The number of anilines is 3. The van der Waals surface area contributed by atoms with E-state index in [1.165, 1.54) is 0 Å². The summed E-state index contributed by atoms with van der Waals surface area (Å²) in [5.74, 6) is 0. The van der Waals surface area contributed by atoms with Gasteiger partial charge in [-0.25, -0.2) is 4.39 Å². The van der Waals surface area contributed by atoms with Gasteiger partial charge < -0.3 is 10.2 Å². The van der Waals surface area contributed by atoms with Gasteiger partial charge in [0, 0.05) is 25.2 Å². The highest BCUT2D eigenvalue weighted by Crippen LogP contribution is 2.38. The van der Waals surface area contributed by atoms with Crippen LogP contribution in [0.1, 0.15) is 32.8 Å². The van der Waals surface area contributed by atoms with Gasteiger partial charge in [0.05, 0.1) is 11.4 Å². The lowest BCUT2D eigenvalue weighted by molar-refractivity contribution is 0.210. The van der Waals surface area contributed by atoms with Crippen LogP contribution in [0, 0.1) is 0 Å². The van der Waals surface area contributed by atoms with Crippen LogP contribution in [0.3, 0.4) is 0 Å². The third-order valence-electron chi connectivity index (χ3n) is 4.42. The van der Waals surface area contributed by atoms with Crippen LogP contribution in [-0.4, -0.2) is 20.3 Å². The van der Waals surface area contributed by atoms with Gasteiger partial charge in [-0.2, -0.15) is 0 Å². The molecule has 124 valence electrons. The molecule has 2 nitrogen and oxygen atoms in total. The van der Waals surface area contributed by atoms with Crippen molar-refractivity contribution in [2.75, 3.05) is 24.3 Å². The monoisotopic (exact) mass is 314 g/mol. The lowest BCUT2D eigenvalue weighted by atomic mass is 9.78. The van der Waals surface area contributed by atoms with Crippen molar-refractivity contribution in [3.8, 4) is 0 Å². The van der Waals surface area contributed by atoms with Gasteiger partial charge in [-0.1, -0.05) is 51.1 Å². The molecule has 0 spiro atoms. The van der Waals surface area contributed by atoms with Crippen LogP contribution in [0.2, 0.25) is 0 Å². The summed E-state index contributed by atoms with van der Waals surface area (Å²) < 4.78 is 14.5. The molecule has 0 aromatic heterocycles. The van der Waals surface area contributed by atoms with E-state index in [0.717, 1.165) is 22.6 Å². The smallest absolute Gasteiger partial charge is 0.109 e. The molecule has 0 heterocycles. The van der Waals surface area contributed by atoms with Crippen molar-refractivity contribution in [2.45, 2.75) is 38.8 Å². The molecular formula is C20H27FN2. The van der Waals surface area contributed by atoms with Crippen LogP contribution in [0.5, 0.6) is 0 Å². The normalized spacial score (nSPS) is 12.8. The van der Waals surface area contributed by atoms with E-state index in [1.54, 1.807) is 0 Å². The molecule has 2 aromatic rings. The van der Waals surface area contributed by atoms with Crippen LogP contribution >= 0.6 is 0 Å². The molecule has 0 radical (unpaired) electrons. The molecule has 0 saturated carbocycles. The van der Waals surface area contributed by atoms with Crippen molar-refractivity contribution in [3.63, 3.8) is 0 Å². The number of nitrogens with one attached hydrogen (secondary N) is 1. The van der Waals surface area contributed by atoms with Gasteiger partial charge in [0.1, 0.15) is 6.17 Å². The molecule has 0 unspecified atom stereocenters. The van der Waals surface area contributed by atoms with Gasteiger partial charge in [-0.3, -0.25) is 0 Å². The maximum atomic E-state index is 14.5. The third kappa shape index (κ3) is 3.66. The molecule has 0 aliphatic heterocycles. The Morgan fingerprint density at radius 3 is 2.17 bits per heavy atom. The molecule has 23 heavy (non-hydrogen) atoms. The summed E-state index contributed by atoms with van der Waals surface area (Å²) in [6, 6.07) is 16.1. The van der Waals surface area contributed by atoms with E-state index in [0.29, 0.717) is 6.42 Å². The van der Waals surface area contributed by atoms with Gasteiger partial charge in [-0.15, -0.1) is 0 Å². The van der Waals surface area contributed by atoms with Crippen molar-refractivity contribution in [1.82, 2.24) is 0 Å². The highest BCUT2D eigenvalue weighted by atomic mass is 19.1. The fourth-order valence-electron chi connectivity index (χ4n) is 2.95. The Labute approximate surface area is 139 Å². The molecule has 0 bridgehead atoms. The van der Waals surface area contributed by atoms with E-state index < -0.39 is 11.6 Å². The average Bonchev–Trinajstić information content (AvgIpc) is 2.54. The van der Waals surface area contributed by atoms with Crippen LogP contribution < -0.4 is 10.2 Å². The molecule has 0 amide bonds. The predicted molar refractivity (Wildman–Crippen MR) is 98.7 cm³/mol. The topological polar surface area (TPSA) is 15.3 Å². The van der Waals surface area contributed by atoms with E-state index in [-0.39, 0.29) is 0 Å². The van der Waals surface area contributed by atoms with Crippen LogP contribution in [-0.2, 0) is 5.41 Å². The van der Waals surface area contributed by atoms with Crippen molar-refractivity contribution >= 4 is 17.1 Å². The molecule has 1 atom stereocenters. The van der Waals surface area contributed by atoms with E-state index in [2.05, 4.69) is 16.3 Å². The van der Waals surface area contributed by atoms with E-state index >= 15 is 0 Å². The molecular weight excluding hydrogens is 287 g/mol. The minimum atomic E-state index is -0.880. The minimum absolute atomic E-state index is 0.510. The van der Waals surface area contributed by atoms with Gasteiger partial charge in [0.2, 0.25) is 0 Å². The Hall–Kier alpha value is -2.03. The average molecular weight is 314 g/mol. The zero-order valence-corrected chi connectivity index (χ0v) is 14.7. The number of alkyl halides is 1. The van der Waals surface area contributed by atoms with Crippen LogP contribution in [0.4, 0.5) is 21.5 Å². The van der Waals surface area contributed by atoms with Crippen molar-refractivity contribution < 1.29 is 4.39 Å². The number of halogens is 1. The summed E-state index contributed by atoms with van der Waals surface area (Å²) >= 11 is 0. The van der Waals surface area contributed by atoms with Gasteiger partial charge in [0.15, 0.2) is 0 Å². The highest BCUT2D eigenvalue weighted by Gasteiger charge is 2.32. The summed E-state index contributed by atoms with van der Waals surface area (Å²) in [5.41, 5.74) is 3.55. The van der Waals surface area contributed by atoms with Gasteiger partial charge >= 0.3 is 0 Å². The highest BCUT2D eigenvalue weighted by molar-refractivity contribution is 5.76. The molecule has 1 N–H and O–H groups in total. The van der Waals surface area contributed by atoms with E-state index in [9.17, 15) is 4.39 Å². The van der Waals surface area contributed by atoms with Gasteiger partial charge in [0.25, 0.3) is 0 Å². The summed E-state index contributed by atoms with van der Waals surface area (Å²) in [6.45, 7) is 5.84. The van der Waals surface area contributed by atoms with Crippen LogP contribution in [0.15, 0.2) is 48.5 Å². The Bertz CT molecular complexity index is 650. The molecule has 0 fully saturated rings. The third-order valence-corrected chi connectivity index (χ3v) is 4.42. The fourth-order valence-corrected chi connectivity index (χ4v) is 2.95. The lowest BCUT2D eigenvalue weighted by Crippen LogP contribution is -2.30. The number of hydrogen-bond acceptors (Lipinski definition) is 2. The number of para-hydroxylation sites is 3. The number of hydrogen-bond donors (Lipinski definition) is 1. The first-order chi connectivity index (χ1) is 10.9. The second-order valence-electron chi connectivity index (χ2n) is 6.68. The predicted octanol–water partition coefficient (Wildman–Crippen LogP) is 5.52. The van der Waals surface area contributed by atoms with E-state index in [1.807, 2.05) is 77.3 Å². The summed E-state index contributed by atoms with van der Waals surface area (Å²) in [4.78, 5) is 2.07. The first kappa shape index (κ1) is 17.3. The molecule has 0 aliphatic rings. The summed E-state index contributed by atoms with van der Waals surface area (Å²) in [7, 11) is 4.04. The second kappa shape index (κ2) is 7.03. The first-order valence-electron chi connectivity index (χ1n) is 8.14. The molecule has 2 rings (SSSR count). The maximum Gasteiger partial charge on any atom is 0.109 e. The van der Waals surface area contributed by atoms with Gasteiger partial charge in [-0.05, 0) is 30.2 Å². The largest absolute Gasteiger partial charge is 0.376 e. The number of nitrogens with zero attached hydrogens (tertiary/aromatic N) is 1. The Morgan fingerprint density at radius 2 is 1.57 bits per heavy atom. The van der Waals surface area contributed by atoms with E-state index in [4.69, 9.17) is 0 Å². The minimum Gasteiger partial charge on any atom is -0.376 e.